The van der Waals surface area contributed by atoms with Crippen LogP contribution < -0.4 is 10.6 Å². The minimum atomic E-state index is 0. The highest BCUT2D eigenvalue weighted by atomic mass is 127. The fourth-order valence-electron chi connectivity index (χ4n) is 3.26. The summed E-state index contributed by atoms with van der Waals surface area (Å²) in [5.41, 5.74) is 1.10. The van der Waals surface area contributed by atoms with Gasteiger partial charge in [-0.05, 0) is 44.7 Å². The maximum atomic E-state index is 6.04. The van der Waals surface area contributed by atoms with Gasteiger partial charge < -0.3 is 15.4 Å². The number of aliphatic imine (C=N–C) groups is 1. The van der Waals surface area contributed by atoms with E-state index in [1.165, 1.54) is 38.5 Å². The number of nitrogens with zero attached hydrogens (tertiary/aromatic N) is 2. The Labute approximate surface area is 182 Å². The van der Waals surface area contributed by atoms with Crippen LogP contribution in [0.2, 0.25) is 0 Å². The Kier molecular flexibility index (Phi) is 14.4. The van der Waals surface area contributed by atoms with Crippen LogP contribution in [0.15, 0.2) is 29.4 Å². The summed E-state index contributed by atoms with van der Waals surface area (Å²) in [6.07, 6.45) is 13.4. The van der Waals surface area contributed by atoms with Gasteiger partial charge in [-0.25, -0.2) is 0 Å². The first-order chi connectivity index (χ1) is 12.9. The zero-order valence-corrected chi connectivity index (χ0v) is 19.1. The van der Waals surface area contributed by atoms with Crippen molar-refractivity contribution in [3.63, 3.8) is 0 Å². The molecule has 0 aromatic carbocycles. The average molecular weight is 488 g/mol. The lowest BCUT2D eigenvalue weighted by Gasteiger charge is -2.15. The molecule has 1 aliphatic rings. The lowest BCUT2D eigenvalue weighted by atomic mass is 10.1. The molecule has 0 atom stereocenters. The minimum Gasteiger partial charge on any atom is -0.378 e. The lowest BCUT2D eigenvalue weighted by Crippen LogP contribution is -2.38. The summed E-state index contributed by atoms with van der Waals surface area (Å²) in [7, 11) is 0. The van der Waals surface area contributed by atoms with E-state index in [1.807, 2.05) is 18.3 Å². The summed E-state index contributed by atoms with van der Waals surface area (Å²) < 4.78 is 6.04. The molecule has 1 saturated carbocycles. The lowest BCUT2D eigenvalue weighted by molar-refractivity contribution is 0.0413. The van der Waals surface area contributed by atoms with Crippen LogP contribution in [0.4, 0.5) is 0 Å². The Balaban J connectivity index is 0.00000364. The van der Waals surface area contributed by atoms with Crippen molar-refractivity contribution in [2.45, 2.75) is 70.8 Å². The van der Waals surface area contributed by atoms with Gasteiger partial charge in [0.15, 0.2) is 5.96 Å². The van der Waals surface area contributed by atoms with Crippen LogP contribution in [0, 0.1) is 0 Å². The summed E-state index contributed by atoms with van der Waals surface area (Å²) in [6.45, 7) is 5.53. The van der Waals surface area contributed by atoms with Gasteiger partial charge in [0.05, 0.1) is 6.10 Å². The first-order valence-corrected chi connectivity index (χ1v) is 10.4. The van der Waals surface area contributed by atoms with Crippen LogP contribution in [0.1, 0.15) is 64.0 Å². The molecule has 2 N–H and O–H groups in total. The highest BCUT2D eigenvalue weighted by Crippen LogP contribution is 2.19. The standard InChI is InChI=1S/C21H36N4O.HI/c1-2-22-21(25-17-14-19-11-7-8-15-23-19)24-16-9-10-18-26-20-12-5-3-4-6-13-20;/h7-8,11,15,20H,2-6,9-10,12-14,16-18H2,1H3,(H2,22,24,25);1H. The SMILES string of the molecule is CCNC(=NCCCCOC1CCCCCC1)NCCc1ccccn1.I. The van der Waals surface area contributed by atoms with Crippen molar-refractivity contribution in [1.29, 1.82) is 0 Å². The molecule has 0 saturated heterocycles. The third-order valence-corrected chi connectivity index (χ3v) is 4.72. The quantitative estimate of drug-likeness (QED) is 0.169. The molecular weight excluding hydrogens is 451 g/mol. The van der Waals surface area contributed by atoms with E-state index in [0.29, 0.717) is 6.10 Å². The molecule has 0 spiro atoms. The van der Waals surface area contributed by atoms with Crippen molar-refractivity contribution in [2.24, 2.45) is 4.99 Å². The molecule has 27 heavy (non-hydrogen) atoms. The third kappa shape index (κ3) is 11.5. The molecule has 1 aliphatic carbocycles. The van der Waals surface area contributed by atoms with E-state index in [2.05, 4.69) is 33.6 Å². The molecule has 1 heterocycles. The number of rotatable bonds is 10. The van der Waals surface area contributed by atoms with E-state index in [0.717, 1.165) is 57.2 Å². The van der Waals surface area contributed by atoms with E-state index >= 15 is 0 Å². The highest BCUT2D eigenvalue weighted by Gasteiger charge is 2.11. The molecule has 0 radical (unpaired) electrons. The van der Waals surface area contributed by atoms with Gasteiger partial charge in [0.1, 0.15) is 0 Å². The fraction of sp³-hybridized carbons (Fsp3) is 0.714. The Morgan fingerprint density at radius 3 is 2.67 bits per heavy atom. The van der Waals surface area contributed by atoms with Crippen LogP contribution in [0.25, 0.3) is 0 Å². The third-order valence-electron chi connectivity index (χ3n) is 4.72. The van der Waals surface area contributed by atoms with Gasteiger partial charge in [0, 0.05) is 44.6 Å². The van der Waals surface area contributed by atoms with E-state index in [-0.39, 0.29) is 24.0 Å². The molecule has 0 unspecified atom stereocenters. The molecule has 5 nitrogen and oxygen atoms in total. The van der Waals surface area contributed by atoms with Crippen LogP contribution >= 0.6 is 24.0 Å². The molecular formula is C21H37IN4O. The van der Waals surface area contributed by atoms with Crippen molar-refractivity contribution >= 4 is 29.9 Å². The minimum absolute atomic E-state index is 0. The van der Waals surface area contributed by atoms with Gasteiger partial charge >= 0.3 is 0 Å². The van der Waals surface area contributed by atoms with E-state index in [9.17, 15) is 0 Å². The van der Waals surface area contributed by atoms with Crippen molar-refractivity contribution in [2.75, 3.05) is 26.2 Å². The number of aromatic nitrogens is 1. The second-order valence-corrected chi connectivity index (χ2v) is 6.95. The van der Waals surface area contributed by atoms with Crippen LogP contribution in [0.5, 0.6) is 0 Å². The molecule has 2 rings (SSSR count). The Morgan fingerprint density at radius 1 is 1.15 bits per heavy atom. The molecule has 1 aromatic rings. The summed E-state index contributed by atoms with van der Waals surface area (Å²) in [4.78, 5) is 9.01. The maximum Gasteiger partial charge on any atom is 0.191 e. The van der Waals surface area contributed by atoms with E-state index in [1.54, 1.807) is 0 Å². The van der Waals surface area contributed by atoms with Gasteiger partial charge in [-0.3, -0.25) is 9.98 Å². The van der Waals surface area contributed by atoms with Crippen LogP contribution in [-0.4, -0.2) is 43.3 Å². The van der Waals surface area contributed by atoms with Crippen molar-refractivity contribution < 1.29 is 4.74 Å². The number of ether oxygens (including phenoxy) is 1. The Hall–Kier alpha value is -0.890. The second kappa shape index (κ2) is 16.1. The summed E-state index contributed by atoms with van der Waals surface area (Å²) >= 11 is 0. The zero-order chi connectivity index (χ0) is 18.3. The number of guanidine groups is 1. The number of nitrogens with one attached hydrogen (secondary N) is 2. The second-order valence-electron chi connectivity index (χ2n) is 6.95. The monoisotopic (exact) mass is 488 g/mol. The molecule has 1 aromatic heterocycles. The Morgan fingerprint density at radius 2 is 1.96 bits per heavy atom. The topological polar surface area (TPSA) is 58.5 Å². The number of unbranched alkanes of at least 4 members (excludes halogenated alkanes) is 1. The number of halogens is 1. The zero-order valence-electron chi connectivity index (χ0n) is 16.8. The van der Waals surface area contributed by atoms with Gasteiger partial charge in [-0.15, -0.1) is 24.0 Å². The summed E-state index contributed by atoms with van der Waals surface area (Å²) in [5, 5.41) is 6.69. The number of hydrogen-bond acceptors (Lipinski definition) is 3. The molecule has 0 bridgehead atoms. The molecule has 154 valence electrons. The highest BCUT2D eigenvalue weighted by molar-refractivity contribution is 14.0. The van der Waals surface area contributed by atoms with Gasteiger partial charge in [0.2, 0.25) is 0 Å². The molecule has 6 heteroatoms. The van der Waals surface area contributed by atoms with Crippen LogP contribution in [-0.2, 0) is 11.2 Å². The van der Waals surface area contributed by atoms with Gasteiger partial charge in [0.25, 0.3) is 0 Å². The predicted molar refractivity (Wildman–Crippen MR) is 124 cm³/mol. The van der Waals surface area contributed by atoms with E-state index < -0.39 is 0 Å². The van der Waals surface area contributed by atoms with Gasteiger partial charge in [-0.2, -0.15) is 0 Å². The Bertz CT molecular complexity index is 490. The largest absolute Gasteiger partial charge is 0.378 e. The summed E-state index contributed by atoms with van der Waals surface area (Å²) in [6, 6.07) is 6.03. The smallest absolute Gasteiger partial charge is 0.191 e. The number of pyridine rings is 1. The predicted octanol–water partition coefficient (Wildman–Crippen LogP) is 4.32. The van der Waals surface area contributed by atoms with Crippen molar-refractivity contribution in [3.05, 3.63) is 30.1 Å². The van der Waals surface area contributed by atoms with Gasteiger partial charge in [-0.1, -0.05) is 31.7 Å². The fourth-order valence-corrected chi connectivity index (χ4v) is 3.26. The average Bonchev–Trinajstić information content (AvgIpc) is 2.94. The first-order valence-electron chi connectivity index (χ1n) is 10.4. The molecule has 1 fully saturated rings. The molecule has 0 aliphatic heterocycles. The van der Waals surface area contributed by atoms with E-state index in [4.69, 9.17) is 4.74 Å². The van der Waals surface area contributed by atoms with Crippen LogP contribution in [0.3, 0.4) is 0 Å². The number of hydrogen-bond donors (Lipinski definition) is 2. The molecule has 0 amide bonds. The maximum absolute atomic E-state index is 6.04. The summed E-state index contributed by atoms with van der Waals surface area (Å²) in [5.74, 6) is 0.896. The van der Waals surface area contributed by atoms with Crippen molar-refractivity contribution in [1.82, 2.24) is 15.6 Å². The first kappa shape index (κ1) is 24.1. The van der Waals surface area contributed by atoms with Crippen molar-refractivity contribution in [3.8, 4) is 0 Å². The normalized spacial score (nSPS) is 15.7.